The van der Waals surface area contributed by atoms with Crippen molar-refractivity contribution in [3.63, 3.8) is 0 Å². The van der Waals surface area contributed by atoms with Crippen molar-refractivity contribution in [3.8, 4) is 0 Å². The Morgan fingerprint density at radius 1 is 1.78 bits per heavy atom. The smallest absolute Gasteiger partial charge is 0.324 e. The minimum atomic E-state index is -0.964. The molecule has 1 N–H and O–H groups in total. The fourth-order valence-electron chi connectivity index (χ4n) is 0.817. The van der Waals surface area contributed by atoms with Crippen molar-refractivity contribution >= 4 is 33.5 Å². The van der Waals surface area contributed by atoms with E-state index in [0.717, 1.165) is 0 Å². The van der Waals surface area contributed by atoms with Crippen LogP contribution in [0.5, 0.6) is 0 Å². The van der Waals surface area contributed by atoms with Crippen molar-refractivity contribution in [2.45, 2.75) is 22.5 Å². The number of carbonyl (C=O) groups is 1. The van der Waals surface area contributed by atoms with Gasteiger partial charge in [0, 0.05) is 4.83 Å². The molecule has 0 aliphatic heterocycles. The van der Waals surface area contributed by atoms with Crippen molar-refractivity contribution < 1.29 is 9.90 Å². The zero-order valence-corrected chi connectivity index (χ0v) is 6.94. The molecule has 0 aromatic rings. The fourth-order valence-corrected chi connectivity index (χ4v) is 2.67. The molecule has 0 radical (unpaired) electrons. The predicted molar refractivity (Wildman–Crippen MR) is 38.2 cm³/mol. The Kier molecular flexibility index (Phi) is 1.74. The van der Waals surface area contributed by atoms with Crippen LogP contribution in [-0.4, -0.2) is 20.8 Å². The standard InChI is InChI=1S/C5H6BrClO2/c6-3-1-5(7,2-3)4(8)9/h3H,1-2H2,(H,8,9). The van der Waals surface area contributed by atoms with Gasteiger partial charge < -0.3 is 5.11 Å². The lowest BCUT2D eigenvalue weighted by atomic mass is 9.84. The molecule has 0 unspecified atom stereocenters. The fraction of sp³-hybridized carbons (Fsp3) is 0.800. The molecule has 0 saturated heterocycles. The van der Waals surface area contributed by atoms with Gasteiger partial charge in [-0.1, -0.05) is 15.9 Å². The minimum absolute atomic E-state index is 0.297. The van der Waals surface area contributed by atoms with Crippen molar-refractivity contribution in [2.75, 3.05) is 0 Å². The molecule has 0 spiro atoms. The van der Waals surface area contributed by atoms with Gasteiger partial charge in [-0.3, -0.25) is 4.79 Å². The molecular weight excluding hydrogens is 207 g/mol. The van der Waals surface area contributed by atoms with E-state index in [1.165, 1.54) is 0 Å². The highest BCUT2D eigenvalue weighted by Gasteiger charge is 2.47. The van der Waals surface area contributed by atoms with Crippen LogP contribution in [0.1, 0.15) is 12.8 Å². The molecule has 0 heterocycles. The monoisotopic (exact) mass is 212 g/mol. The van der Waals surface area contributed by atoms with Crippen LogP contribution in [0.25, 0.3) is 0 Å². The quantitative estimate of drug-likeness (QED) is 0.672. The number of hydrogen-bond donors (Lipinski definition) is 1. The lowest BCUT2D eigenvalue weighted by Crippen LogP contribution is -2.46. The van der Waals surface area contributed by atoms with E-state index in [1.807, 2.05) is 0 Å². The topological polar surface area (TPSA) is 37.3 Å². The number of carboxylic acid groups (broad SMARTS) is 1. The SMILES string of the molecule is O=C(O)C1(Cl)CC(Br)C1. The second-order valence-electron chi connectivity index (χ2n) is 2.28. The summed E-state index contributed by atoms with van der Waals surface area (Å²) >= 11 is 8.86. The van der Waals surface area contributed by atoms with Crippen LogP contribution in [0.4, 0.5) is 0 Å². The maximum atomic E-state index is 10.3. The maximum absolute atomic E-state index is 10.3. The molecule has 0 bridgehead atoms. The zero-order valence-electron chi connectivity index (χ0n) is 4.60. The number of carboxylic acids is 1. The largest absolute Gasteiger partial charge is 0.480 e. The van der Waals surface area contributed by atoms with Crippen molar-refractivity contribution in [3.05, 3.63) is 0 Å². The molecule has 52 valence electrons. The van der Waals surface area contributed by atoms with E-state index in [2.05, 4.69) is 15.9 Å². The molecular formula is C5H6BrClO2. The first-order valence-corrected chi connectivity index (χ1v) is 3.90. The zero-order chi connectivity index (χ0) is 7.07. The van der Waals surface area contributed by atoms with Crippen LogP contribution in [-0.2, 0) is 4.79 Å². The summed E-state index contributed by atoms with van der Waals surface area (Å²) in [4.78, 5) is 9.63. The van der Waals surface area contributed by atoms with Gasteiger partial charge >= 0.3 is 5.97 Å². The first-order valence-electron chi connectivity index (χ1n) is 2.61. The van der Waals surface area contributed by atoms with Gasteiger partial charge in [-0.05, 0) is 12.8 Å². The average Bonchev–Trinajstić information content (AvgIpc) is 1.62. The minimum Gasteiger partial charge on any atom is -0.480 e. The molecule has 1 aliphatic carbocycles. The predicted octanol–water partition coefficient (Wildman–Crippen LogP) is 1.61. The number of halogens is 2. The van der Waals surface area contributed by atoms with Crippen molar-refractivity contribution in [1.82, 2.24) is 0 Å². The summed E-state index contributed by atoms with van der Waals surface area (Å²) in [6.45, 7) is 0. The van der Waals surface area contributed by atoms with Gasteiger partial charge in [0.15, 0.2) is 0 Å². The molecule has 1 rings (SSSR count). The average molecular weight is 213 g/mol. The van der Waals surface area contributed by atoms with Crippen LogP contribution in [0.15, 0.2) is 0 Å². The maximum Gasteiger partial charge on any atom is 0.324 e. The molecule has 0 amide bonds. The first-order chi connectivity index (χ1) is 4.04. The van der Waals surface area contributed by atoms with Crippen LogP contribution in [0, 0.1) is 0 Å². The summed E-state index contributed by atoms with van der Waals surface area (Å²) in [5.41, 5.74) is 0. The second kappa shape index (κ2) is 2.13. The summed E-state index contributed by atoms with van der Waals surface area (Å²) in [7, 11) is 0. The Balaban J connectivity index is 2.50. The van der Waals surface area contributed by atoms with E-state index in [1.54, 1.807) is 0 Å². The second-order valence-corrected chi connectivity index (χ2v) is 4.29. The summed E-state index contributed by atoms with van der Waals surface area (Å²) in [6, 6.07) is 0. The van der Waals surface area contributed by atoms with Gasteiger partial charge in [0.05, 0.1) is 0 Å². The molecule has 0 atom stereocenters. The van der Waals surface area contributed by atoms with E-state index in [-0.39, 0.29) is 0 Å². The van der Waals surface area contributed by atoms with Gasteiger partial charge in [-0.2, -0.15) is 0 Å². The third kappa shape index (κ3) is 1.22. The normalized spacial score (nSPS) is 41.8. The summed E-state index contributed by atoms with van der Waals surface area (Å²) in [5, 5.41) is 8.46. The summed E-state index contributed by atoms with van der Waals surface area (Å²) < 4.78 is 0. The van der Waals surface area contributed by atoms with Crippen LogP contribution in [0.3, 0.4) is 0 Å². The number of aliphatic carboxylic acids is 1. The molecule has 1 aliphatic rings. The van der Waals surface area contributed by atoms with Gasteiger partial charge in [-0.15, -0.1) is 11.6 Å². The third-order valence-corrected chi connectivity index (χ3v) is 2.59. The highest BCUT2D eigenvalue weighted by atomic mass is 79.9. The molecule has 2 nitrogen and oxygen atoms in total. The van der Waals surface area contributed by atoms with Crippen LogP contribution in [0.2, 0.25) is 0 Å². The third-order valence-electron chi connectivity index (χ3n) is 1.47. The van der Waals surface area contributed by atoms with E-state index >= 15 is 0 Å². The van der Waals surface area contributed by atoms with Gasteiger partial charge in [0.25, 0.3) is 0 Å². The van der Waals surface area contributed by atoms with Gasteiger partial charge in [-0.25, -0.2) is 0 Å². The number of rotatable bonds is 1. The molecule has 1 saturated carbocycles. The Morgan fingerprint density at radius 3 is 2.33 bits per heavy atom. The lowest BCUT2D eigenvalue weighted by Gasteiger charge is -2.35. The highest BCUT2D eigenvalue weighted by molar-refractivity contribution is 9.09. The van der Waals surface area contributed by atoms with E-state index in [9.17, 15) is 4.79 Å². The Morgan fingerprint density at radius 2 is 2.22 bits per heavy atom. The Bertz CT molecular complexity index is 142. The molecule has 1 fully saturated rings. The molecule has 0 aromatic heterocycles. The van der Waals surface area contributed by atoms with Crippen LogP contribution < -0.4 is 0 Å². The van der Waals surface area contributed by atoms with Crippen molar-refractivity contribution in [1.29, 1.82) is 0 Å². The number of hydrogen-bond acceptors (Lipinski definition) is 1. The summed E-state index contributed by atoms with van der Waals surface area (Å²) in [6.07, 6.45) is 1.06. The molecule has 4 heteroatoms. The molecule has 0 aromatic carbocycles. The number of alkyl halides is 2. The Hall–Kier alpha value is 0.240. The first kappa shape index (κ1) is 7.35. The lowest BCUT2D eigenvalue weighted by molar-refractivity contribution is -0.142. The van der Waals surface area contributed by atoms with Gasteiger partial charge in [0.1, 0.15) is 4.87 Å². The van der Waals surface area contributed by atoms with Gasteiger partial charge in [0.2, 0.25) is 0 Å². The van der Waals surface area contributed by atoms with Crippen LogP contribution >= 0.6 is 27.5 Å². The highest BCUT2D eigenvalue weighted by Crippen LogP contribution is 2.42. The summed E-state index contributed by atoms with van der Waals surface area (Å²) in [5.74, 6) is -0.903. The molecule has 9 heavy (non-hydrogen) atoms. The van der Waals surface area contributed by atoms with Crippen molar-refractivity contribution in [2.24, 2.45) is 0 Å². The van der Waals surface area contributed by atoms with E-state index in [4.69, 9.17) is 16.7 Å². The Labute approximate surface area is 66.3 Å². The van der Waals surface area contributed by atoms with E-state index in [0.29, 0.717) is 17.7 Å². The van der Waals surface area contributed by atoms with E-state index < -0.39 is 10.8 Å².